The Labute approximate surface area is 145 Å². The quantitative estimate of drug-likeness (QED) is 0.856. The molecule has 0 aliphatic carbocycles. The van der Waals surface area contributed by atoms with E-state index in [1.54, 1.807) is 28.6 Å². The second-order valence-corrected chi connectivity index (χ2v) is 9.01. The van der Waals surface area contributed by atoms with Crippen molar-refractivity contribution in [2.24, 2.45) is 0 Å². The molecule has 0 spiro atoms. The molecule has 1 fully saturated rings. The van der Waals surface area contributed by atoms with Crippen LogP contribution in [0.25, 0.3) is 0 Å². The molecule has 1 heterocycles. The van der Waals surface area contributed by atoms with Crippen LogP contribution in [0.15, 0.2) is 29.2 Å². The maximum Gasteiger partial charge on any atom is 0.243 e. The number of piperidine rings is 1. The van der Waals surface area contributed by atoms with E-state index in [1.165, 1.54) is 0 Å². The smallest absolute Gasteiger partial charge is 0.243 e. The van der Waals surface area contributed by atoms with Gasteiger partial charge in [0.25, 0.3) is 0 Å². The predicted octanol–water partition coefficient (Wildman–Crippen LogP) is 2.71. The third kappa shape index (κ3) is 4.80. The molecule has 1 aromatic rings. The lowest BCUT2D eigenvalue weighted by Gasteiger charge is -2.26. The van der Waals surface area contributed by atoms with Crippen molar-refractivity contribution in [2.75, 3.05) is 13.1 Å². The number of nitrogens with zero attached hydrogens (tertiary/aromatic N) is 1. The third-order valence-electron chi connectivity index (χ3n) is 4.60. The first kappa shape index (κ1) is 18.9. The Balaban J connectivity index is 2.03. The summed E-state index contributed by atoms with van der Waals surface area (Å²) in [5.41, 5.74) is 0.589. The SMILES string of the molecule is CCC(C)(C)NC(=O)Cc1ccc(S(=O)(=O)N2CCCCC2)cc1. The number of benzene rings is 1. The highest BCUT2D eigenvalue weighted by Crippen LogP contribution is 2.21. The zero-order chi connectivity index (χ0) is 17.8. The zero-order valence-electron chi connectivity index (χ0n) is 14.8. The molecule has 0 unspecified atom stereocenters. The van der Waals surface area contributed by atoms with Crippen LogP contribution in [-0.4, -0.2) is 37.3 Å². The van der Waals surface area contributed by atoms with E-state index in [4.69, 9.17) is 0 Å². The Kier molecular flexibility index (Phi) is 6.04. The van der Waals surface area contributed by atoms with E-state index >= 15 is 0 Å². The van der Waals surface area contributed by atoms with E-state index < -0.39 is 10.0 Å². The van der Waals surface area contributed by atoms with Crippen molar-refractivity contribution >= 4 is 15.9 Å². The van der Waals surface area contributed by atoms with Crippen LogP contribution in [-0.2, 0) is 21.2 Å². The molecule has 1 aliphatic heterocycles. The average Bonchev–Trinajstić information content (AvgIpc) is 2.55. The molecule has 1 saturated heterocycles. The maximum atomic E-state index is 12.6. The van der Waals surface area contributed by atoms with Crippen LogP contribution in [0.2, 0.25) is 0 Å². The molecule has 1 aliphatic rings. The van der Waals surface area contributed by atoms with Crippen LogP contribution in [0.5, 0.6) is 0 Å². The zero-order valence-corrected chi connectivity index (χ0v) is 15.7. The number of hydrogen-bond acceptors (Lipinski definition) is 3. The van der Waals surface area contributed by atoms with Crippen molar-refractivity contribution in [3.8, 4) is 0 Å². The summed E-state index contributed by atoms with van der Waals surface area (Å²) in [4.78, 5) is 12.4. The van der Waals surface area contributed by atoms with Crippen LogP contribution in [0.4, 0.5) is 0 Å². The van der Waals surface area contributed by atoms with Gasteiger partial charge in [0.05, 0.1) is 11.3 Å². The normalized spacial score (nSPS) is 16.8. The fourth-order valence-electron chi connectivity index (χ4n) is 2.73. The van der Waals surface area contributed by atoms with Crippen LogP contribution in [0.1, 0.15) is 52.0 Å². The van der Waals surface area contributed by atoms with Gasteiger partial charge < -0.3 is 5.32 Å². The standard InChI is InChI=1S/C18H28N2O3S/c1-4-18(2,3)19-17(21)14-15-8-10-16(11-9-15)24(22,23)20-12-6-5-7-13-20/h8-11H,4-7,12-14H2,1-3H3,(H,19,21). The highest BCUT2D eigenvalue weighted by Gasteiger charge is 2.25. The number of nitrogens with one attached hydrogen (secondary N) is 1. The molecule has 24 heavy (non-hydrogen) atoms. The van der Waals surface area contributed by atoms with Crippen molar-refractivity contribution in [1.29, 1.82) is 0 Å². The molecule has 1 aromatic carbocycles. The summed E-state index contributed by atoms with van der Waals surface area (Å²) in [6, 6.07) is 6.68. The summed E-state index contributed by atoms with van der Waals surface area (Å²) in [6.07, 6.45) is 4.04. The number of carbonyl (C=O) groups excluding carboxylic acids is 1. The molecule has 0 bridgehead atoms. The number of amides is 1. The highest BCUT2D eigenvalue weighted by atomic mass is 32.2. The van der Waals surface area contributed by atoms with E-state index in [0.717, 1.165) is 31.2 Å². The third-order valence-corrected chi connectivity index (χ3v) is 6.52. The van der Waals surface area contributed by atoms with E-state index in [2.05, 4.69) is 5.32 Å². The Morgan fingerprint density at radius 2 is 1.71 bits per heavy atom. The molecule has 0 radical (unpaired) electrons. The molecule has 5 nitrogen and oxygen atoms in total. The summed E-state index contributed by atoms with van der Waals surface area (Å²) in [5, 5.41) is 2.99. The molecule has 0 saturated carbocycles. The van der Waals surface area contributed by atoms with E-state index in [1.807, 2.05) is 20.8 Å². The Hall–Kier alpha value is -1.40. The molecular formula is C18H28N2O3S. The van der Waals surface area contributed by atoms with E-state index in [9.17, 15) is 13.2 Å². The van der Waals surface area contributed by atoms with Gasteiger partial charge in [-0.1, -0.05) is 25.5 Å². The highest BCUT2D eigenvalue weighted by molar-refractivity contribution is 7.89. The molecule has 134 valence electrons. The van der Waals surface area contributed by atoms with E-state index in [-0.39, 0.29) is 17.9 Å². The van der Waals surface area contributed by atoms with Gasteiger partial charge in [0.15, 0.2) is 0 Å². The minimum Gasteiger partial charge on any atom is -0.351 e. The second-order valence-electron chi connectivity index (χ2n) is 7.07. The lowest BCUT2D eigenvalue weighted by molar-refractivity contribution is -0.122. The summed E-state index contributed by atoms with van der Waals surface area (Å²) in [6.45, 7) is 7.19. The first-order valence-corrected chi connectivity index (χ1v) is 10.1. The summed E-state index contributed by atoms with van der Waals surface area (Å²) in [7, 11) is -3.41. The molecule has 1 amide bonds. The molecule has 6 heteroatoms. The van der Waals surface area contributed by atoms with Crippen LogP contribution in [0.3, 0.4) is 0 Å². The van der Waals surface area contributed by atoms with Gasteiger partial charge in [-0.25, -0.2) is 8.42 Å². The van der Waals surface area contributed by atoms with Crippen molar-refractivity contribution < 1.29 is 13.2 Å². The van der Waals surface area contributed by atoms with Gasteiger partial charge in [0.2, 0.25) is 15.9 Å². The molecule has 1 N–H and O–H groups in total. The fourth-order valence-corrected chi connectivity index (χ4v) is 4.25. The largest absolute Gasteiger partial charge is 0.351 e. The second kappa shape index (κ2) is 7.66. The van der Waals surface area contributed by atoms with Gasteiger partial charge in [0.1, 0.15) is 0 Å². The van der Waals surface area contributed by atoms with Crippen LogP contribution < -0.4 is 5.32 Å². The predicted molar refractivity (Wildman–Crippen MR) is 95.3 cm³/mol. The van der Waals surface area contributed by atoms with Gasteiger partial charge in [0, 0.05) is 18.6 Å². The van der Waals surface area contributed by atoms with Crippen molar-refractivity contribution in [3.05, 3.63) is 29.8 Å². The van der Waals surface area contributed by atoms with Gasteiger partial charge >= 0.3 is 0 Å². The summed E-state index contributed by atoms with van der Waals surface area (Å²) in [5.74, 6) is -0.0477. The van der Waals surface area contributed by atoms with Crippen molar-refractivity contribution in [3.63, 3.8) is 0 Å². The minimum absolute atomic E-state index is 0.0477. The maximum absolute atomic E-state index is 12.6. The van der Waals surface area contributed by atoms with E-state index in [0.29, 0.717) is 18.0 Å². The van der Waals surface area contributed by atoms with Crippen molar-refractivity contribution in [2.45, 2.75) is 63.3 Å². The molecule has 0 aromatic heterocycles. The van der Waals surface area contributed by atoms with Gasteiger partial charge in [-0.3, -0.25) is 4.79 Å². The van der Waals surface area contributed by atoms with Gasteiger partial charge in [-0.05, 0) is 50.8 Å². The fraction of sp³-hybridized carbons (Fsp3) is 0.611. The molecule has 2 rings (SSSR count). The first-order chi connectivity index (χ1) is 11.2. The molecule has 0 atom stereocenters. The number of carbonyl (C=O) groups is 1. The number of sulfonamides is 1. The van der Waals surface area contributed by atoms with Gasteiger partial charge in [-0.15, -0.1) is 0 Å². The van der Waals surface area contributed by atoms with Crippen molar-refractivity contribution in [1.82, 2.24) is 9.62 Å². The van der Waals surface area contributed by atoms with Gasteiger partial charge in [-0.2, -0.15) is 4.31 Å². The lowest BCUT2D eigenvalue weighted by atomic mass is 10.0. The monoisotopic (exact) mass is 352 g/mol. The number of hydrogen-bond donors (Lipinski definition) is 1. The number of rotatable bonds is 6. The summed E-state index contributed by atoms with van der Waals surface area (Å²) < 4.78 is 26.7. The average molecular weight is 353 g/mol. The first-order valence-electron chi connectivity index (χ1n) is 8.65. The Bertz CT molecular complexity index is 660. The topological polar surface area (TPSA) is 66.5 Å². The Morgan fingerprint density at radius 1 is 1.12 bits per heavy atom. The van der Waals surface area contributed by atoms with Crippen LogP contribution in [0, 0.1) is 0 Å². The minimum atomic E-state index is -3.41. The summed E-state index contributed by atoms with van der Waals surface area (Å²) >= 11 is 0. The lowest BCUT2D eigenvalue weighted by Crippen LogP contribution is -2.43. The Morgan fingerprint density at radius 3 is 2.25 bits per heavy atom. The van der Waals surface area contributed by atoms with Crippen LogP contribution >= 0.6 is 0 Å². The molecular weight excluding hydrogens is 324 g/mol.